The first-order chi connectivity index (χ1) is 13.0. The lowest BCUT2D eigenvalue weighted by molar-refractivity contribution is -0.119. The van der Waals surface area contributed by atoms with Crippen molar-refractivity contribution in [1.29, 1.82) is 0 Å². The Morgan fingerprint density at radius 2 is 1.78 bits per heavy atom. The molecule has 0 saturated carbocycles. The smallest absolute Gasteiger partial charge is 0.262 e. The SMILES string of the molecule is COc1cccc2sc(NC(=O)C(C)N3C(=O)c4ccccc4C3=O)nc12. The number of hydrogen-bond acceptors (Lipinski definition) is 6. The van der Waals surface area contributed by atoms with Crippen LogP contribution in [0.15, 0.2) is 42.5 Å². The standard InChI is InChI=1S/C19H15N3O4S/c1-10(22-17(24)11-6-3-4-7-12(11)18(22)25)16(23)21-19-20-15-13(26-2)8-5-9-14(15)27-19/h3-10H,1-2H3,(H,20,21,23). The van der Waals surface area contributed by atoms with E-state index in [9.17, 15) is 14.4 Å². The number of para-hydroxylation sites is 1. The normalized spacial score (nSPS) is 14.4. The molecule has 2 heterocycles. The van der Waals surface area contributed by atoms with E-state index in [2.05, 4.69) is 10.3 Å². The van der Waals surface area contributed by atoms with Crippen LogP contribution in [0.1, 0.15) is 27.6 Å². The lowest BCUT2D eigenvalue weighted by atomic mass is 10.1. The number of carbonyl (C=O) groups is 3. The lowest BCUT2D eigenvalue weighted by Crippen LogP contribution is -2.45. The Morgan fingerprint density at radius 1 is 1.11 bits per heavy atom. The van der Waals surface area contributed by atoms with Crippen molar-refractivity contribution in [3.63, 3.8) is 0 Å². The summed E-state index contributed by atoms with van der Waals surface area (Å²) >= 11 is 1.29. The summed E-state index contributed by atoms with van der Waals surface area (Å²) in [5, 5.41) is 3.07. The molecule has 1 aliphatic heterocycles. The first-order valence-electron chi connectivity index (χ1n) is 8.22. The summed E-state index contributed by atoms with van der Waals surface area (Å²) in [6, 6.07) is 11.1. The molecule has 0 saturated heterocycles. The third-order valence-corrected chi connectivity index (χ3v) is 5.36. The van der Waals surface area contributed by atoms with Crippen LogP contribution in [0, 0.1) is 0 Å². The Balaban J connectivity index is 1.57. The van der Waals surface area contributed by atoms with E-state index in [-0.39, 0.29) is 0 Å². The lowest BCUT2D eigenvalue weighted by Gasteiger charge is -2.21. The molecule has 27 heavy (non-hydrogen) atoms. The van der Waals surface area contributed by atoms with Crippen LogP contribution in [0.3, 0.4) is 0 Å². The minimum Gasteiger partial charge on any atom is -0.494 e. The maximum absolute atomic E-state index is 12.7. The molecule has 1 unspecified atom stereocenters. The molecule has 0 radical (unpaired) electrons. The minimum absolute atomic E-state index is 0.312. The highest BCUT2D eigenvalue weighted by Gasteiger charge is 2.40. The summed E-state index contributed by atoms with van der Waals surface area (Å²) in [5.41, 5.74) is 1.27. The van der Waals surface area contributed by atoms with Gasteiger partial charge in [0.15, 0.2) is 5.13 Å². The molecular formula is C19H15N3O4S. The Morgan fingerprint density at radius 3 is 2.41 bits per heavy atom. The maximum atomic E-state index is 12.7. The van der Waals surface area contributed by atoms with E-state index in [1.807, 2.05) is 12.1 Å². The topological polar surface area (TPSA) is 88.6 Å². The van der Waals surface area contributed by atoms with Crippen LogP contribution in [0.25, 0.3) is 10.2 Å². The number of thiazole rings is 1. The van der Waals surface area contributed by atoms with Gasteiger partial charge in [-0.15, -0.1) is 0 Å². The average molecular weight is 381 g/mol. The third-order valence-electron chi connectivity index (χ3n) is 4.42. The van der Waals surface area contributed by atoms with Gasteiger partial charge < -0.3 is 10.1 Å². The molecule has 3 aromatic rings. The van der Waals surface area contributed by atoms with Gasteiger partial charge in [0.05, 0.1) is 22.9 Å². The van der Waals surface area contributed by atoms with E-state index in [1.54, 1.807) is 37.4 Å². The number of methoxy groups -OCH3 is 1. The van der Waals surface area contributed by atoms with E-state index in [0.717, 1.165) is 9.60 Å². The molecule has 7 nitrogen and oxygen atoms in total. The van der Waals surface area contributed by atoms with Crippen molar-refractivity contribution >= 4 is 44.4 Å². The number of fused-ring (bicyclic) bond motifs is 2. The average Bonchev–Trinajstić information content (AvgIpc) is 3.20. The zero-order valence-electron chi connectivity index (χ0n) is 14.6. The fraction of sp³-hybridized carbons (Fsp3) is 0.158. The van der Waals surface area contributed by atoms with Crippen molar-refractivity contribution < 1.29 is 19.1 Å². The first-order valence-corrected chi connectivity index (χ1v) is 9.04. The zero-order valence-corrected chi connectivity index (χ0v) is 15.4. The van der Waals surface area contributed by atoms with Crippen LogP contribution in [-0.2, 0) is 4.79 Å². The number of amides is 3. The molecule has 3 amide bonds. The van der Waals surface area contributed by atoms with Crippen LogP contribution < -0.4 is 10.1 Å². The molecule has 2 aromatic carbocycles. The number of rotatable bonds is 4. The van der Waals surface area contributed by atoms with Crippen LogP contribution >= 0.6 is 11.3 Å². The third kappa shape index (κ3) is 2.74. The molecule has 8 heteroatoms. The molecule has 4 rings (SSSR count). The van der Waals surface area contributed by atoms with Crippen LogP contribution in [0.2, 0.25) is 0 Å². The number of benzene rings is 2. The molecule has 0 spiro atoms. The summed E-state index contributed by atoms with van der Waals surface area (Å²) < 4.78 is 6.13. The number of carbonyl (C=O) groups excluding carboxylic acids is 3. The van der Waals surface area contributed by atoms with Gasteiger partial charge in [0.1, 0.15) is 17.3 Å². The summed E-state index contributed by atoms with van der Waals surface area (Å²) in [6.07, 6.45) is 0. The molecule has 136 valence electrons. The first kappa shape index (κ1) is 17.2. The molecule has 0 fully saturated rings. The molecule has 1 N–H and O–H groups in total. The summed E-state index contributed by atoms with van der Waals surface area (Å²) in [4.78, 5) is 43.1. The second-order valence-corrected chi connectivity index (χ2v) is 7.05. The number of nitrogens with one attached hydrogen (secondary N) is 1. The Hall–Kier alpha value is -3.26. The molecular weight excluding hydrogens is 366 g/mol. The fourth-order valence-corrected chi connectivity index (χ4v) is 3.91. The summed E-state index contributed by atoms with van der Waals surface area (Å²) in [7, 11) is 1.55. The van der Waals surface area contributed by atoms with Crippen molar-refractivity contribution in [2.75, 3.05) is 12.4 Å². The highest BCUT2D eigenvalue weighted by molar-refractivity contribution is 7.22. The van der Waals surface area contributed by atoms with E-state index in [0.29, 0.717) is 27.5 Å². The fourth-order valence-electron chi connectivity index (χ4n) is 3.03. The van der Waals surface area contributed by atoms with Gasteiger partial charge in [-0.25, -0.2) is 4.98 Å². The van der Waals surface area contributed by atoms with Gasteiger partial charge >= 0.3 is 0 Å². The minimum atomic E-state index is -0.966. The highest BCUT2D eigenvalue weighted by atomic mass is 32.1. The second-order valence-electron chi connectivity index (χ2n) is 6.02. The predicted octanol–water partition coefficient (Wildman–Crippen LogP) is 2.93. The monoisotopic (exact) mass is 381 g/mol. The van der Waals surface area contributed by atoms with Crippen molar-refractivity contribution in [3.8, 4) is 5.75 Å². The molecule has 1 aromatic heterocycles. The van der Waals surface area contributed by atoms with Gasteiger partial charge in [0.25, 0.3) is 11.8 Å². The van der Waals surface area contributed by atoms with Crippen molar-refractivity contribution in [2.45, 2.75) is 13.0 Å². The van der Waals surface area contributed by atoms with Gasteiger partial charge in [-0.1, -0.05) is 29.5 Å². The van der Waals surface area contributed by atoms with Crippen molar-refractivity contribution in [3.05, 3.63) is 53.6 Å². The zero-order chi connectivity index (χ0) is 19.1. The molecule has 0 bridgehead atoms. The molecule has 0 aliphatic carbocycles. The largest absolute Gasteiger partial charge is 0.494 e. The van der Waals surface area contributed by atoms with E-state index >= 15 is 0 Å². The summed E-state index contributed by atoms with van der Waals surface area (Å²) in [6.45, 7) is 1.52. The Bertz CT molecular complexity index is 1060. The van der Waals surface area contributed by atoms with Gasteiger partial charge in [0, 0.05) is 0 Å². The van der Waals surface area contributed by atoms with Crippen molar-refractivity contribution in [1.82, 2.24) is 9.88 Å². The summed E-state index contributed by atoms with van der Waals surface area (Å²) in [5.74, 6) is -0.811. The van der Waals surface area contributed by atoms with E-state index < -0.39 is 23.8 Å². The number of anilines is 1. The maximum Gasteiger partial charge on any atom is 0.262 e. The van der Waals surface area contributed by atoms with Gasteiger partial charge in [-0.2, -0.15) is 0 Å². The van der Waals surface area contributed by atoms with Crippen LogP contribution in [0.5, 0.6) is 5.75 Å². The predicted molar refractivity (Wildman–Crippen MR) is 101 cm³/mol. The van der Waals surface area contributed by atoms with Gasteiger partial charge in [0.2, 0.25) is 5.91 Å². The Kier molecular flexibility index (Phi) is 4.12. The number of ether oxygens (including phenoxy) is 1. The Labute approximate surface area is 158 Å². The molecule has 1 aliphatic rings. The van der Waals surface area contributed by atoms with E-state index in [4.69, 9.17) is 4.74 Å². The number of nitrogens with zero attached hydrogens (tertiary/aromatic N) is 2. The van der Waals surface area contributed by atoms with Crippen molar-refractivity contribution in [2.24, 2.45) is 0 Å². The second kappa shape index (κ2) is 6.48. The van der Waals surface area contributed by atoms with E-state index in [1.165, 1.54) is 18.3 Å². The number of aromatic nitrogens is 1. The van der Waals surface area contributed by atoms with Gasteiger partial charge in [-0.05, 0) is 31.2 Å². The number of imide groups is 1. The molecule has 1 atom stereocenters. The quantitative estimate of drug-likeness (QED) is 0.702. The van der Waals surface area contributed by atoms with Crippen LogP contribution in [0.4, 0.5) is 5.13 Å². The van der Waals surface area contributed by atoms with Gasteiger partial charge in [-0.3, -0.25) is 19.3 Å². The van der Waals surface area contributed by atoms with Crippen LogP contribution in [-0.4, -0.2) is 40.8 Å². The highest BCUT2D eigenvalue weighted by Crippen LogP contribution is 2.32. The number of hydrogen-bond donors (Lipinski definition) is 1.